The van der Waals surface area contributed by atoms with E-state index in [1.165, 1.54) is 0 Å². The Labute approximate surface area is 209 Å². The lowest BCUT2D eigenvalue weighted by atomic mass is 9.93. The highest BCUT2D eigenvalue weighted by Gasteiger charge is 2.34. The molecule has 0 radical (unpaired) electrons. The second-order valence-electron chi connectivity index (χ2n) is 8.19. The van der Waals surface area contributed by atoms with Gasteiger partial charge < -0.3 is 19.9 Å². The number of nitrogens with zero attached hydrogens (tertiary/aromatic N) is 2. The molecule has 0 saturated heterocycles. The van der Waals surface area contributed by atoms with Gasteiger partial charge in [-0.25, -0.2) is 5.01 Å². The molecule has 6 nitrogen and oxygen atoms in total. The van der Waals surface area contributed by atoms with E-state index >= 15 is 0 Å². The van der Waals surface area contributed by atoms with Crippen LogP contribution < -0.4 is 14.8 Å². The van der Waals surface area contributed by atoms with Crippen molar-refractivity contribution in [2.75, 3.05) is 19.5 Å². The minimum atomic E-state index is -0.185. The molecule has 1 aliphatic heterocycles. The van der Waals surface area contributed by atoms with Gasteiger partial charge in [-0.1, -0.05) is 48.5 Å². The van der Waals surface area contributed by atoms with Crippen molar-refractivity contribution in [3.05, 3.63) is 96.1 Å². The van der Waals surface area contributed by atoms with Gasteiger partial charge in [-0.05, 0) is 59.6 Å². The van der Waals surface area contributed by atoms with Crippen LogP contribution in [0, 0.1) is 0 Å². The Morgan fingerprint density at radius 1 is 0.943 bits per heavy atom. The molecule has 1 unspecified atom stereocenters. The number of hydrogen-bond acceptors (Lipinski definition) is 5. The first-order valence-electron chi connectivity index (χ1n) is 11.2. The lowest BCUT2D eigenvalue weighted by molar-refractivity contribution is 0.377. The molecule has 4 aromatic carbocycles. The summed E-state index contributed by atoms with van der Waals surface area (Å²) in [6.07, 6.45) is 0.549. The summed E-state index contributed by atoms with van der Waals surface area (Å²) in [4.78, 5) is 0. The van der Waals surface area contributed by atoms with Crippen molar-refractivity contribution < 1.29 is 14.6 Å². The van der Waals surface area contributed by atoms with Crippen molar-refractivity contribution in [2.24, 2.45) is 5.10 Å². The van der Waals surface area contributed by atoms with Crippen molar-refractivity contribution in [3.8, 4) is 17.2 Å². The van der Waals surface area contributed by atoms with E-state index in [0.717, 1.165) is 33.5 Å². The molecule has 1 atom stereocenters. The molecule has 1 aliphatic rings. The van der Waals surface area contributed by atoms with Crippen LogP contribution in [0.2, 0.25) is 0 Å². The van der Waals surface area contributed by atoms with E-state index in [1.54, 1.807) is 32.4 Å². The molecular formula is C28H25N3O3S. The van der Waals surface area contributed by atoms with Crippen LogP contribution in [0.3, 0.4) is 0 Å². The van der Waals surface area contributed by atoms with Gasteiger partial charge in [0.2, 0.25) is 0 Å². The fraction of sp³-hybridized carbons (Fsp3) is 0.143. The van der Waals surface area contributed by atoms with Gasteiger partial charge in [0.15, 0.2) is 5.11 Å². The molecule has 0 aromatic heterocycles. The Bertz CT molecular complexity index is 1420. The quantitative estimate of drug-likeness (QED) is 0.334. The summed E-state index contributed by atoms with van der Waals surface area (Å²) in [5.41, 5.74) is 3.30. The van der Waals surface area contributed by atoms with E-state index in [-0.39, 0.29) is 11.8 Å². The molecule has 0 spiro atoms. The number of anilines is 1. The largest absolute Gasteiger partial charge is 0.507 e. The van der Waals surface area contributed by atoms with Crippen LogP contribution in [0.1, 0.15) is 23.6 Å². The van der Waals surface area contributed by atoms with E-state index in [2.05, 4.69) is 17.4 Å². The Hall–Kier alpha value is -4.10. The molecule has 4 aromatic rings. The number of para-hydroxylation sites is 1. The number of aromatic hydroxyl groups is 1. The average molecular weight is 484 g/mol. The van der Waals surface area contributed by atoms with E-state index < -0.39 is 0 Å². The van der Waals surface area contributed by atoms with E-state index in [0.29, 0.717) is 22.8 Å². The normalized spacial score (nSPS) is 15.1. The van der Waals surface area contributed by atoms with Gasteiger partial charge >= 0.3 is 0 Å². The first kappa shape index (κ1) is 22.7. The lowest BCUT2D eigenvalue weighted by Crippen LogP contribution is -2.31. The van der Waals surface area contributed by atoms with Gasteiger partial charge in [-0.3, -0.25) is 0 Å². The Kier molecular flexibility index (Phi) is 6.25. The molecule has 0 saturated carbocycles. The van der Waals surface area contributed by atoms with Crippen molar-refractivity contribution in [1.82, 2.24) is 5.01 Å². The molecule has 2 N–H and O–H groups in total. The van der Waals surface area contributed by atoms with Crippen molar-refractivity contribution in [2.45, 2.75) is 12.5 Å². The van der Waals surface area contributed by atoms with Gasteiger partial charge in [-0.15, -0.1) is 0 Å². The van der Waals surface area contributed by atoms with E-state index in [9.17, 15) is 5.11 Å². The zero-order valence-corrected chi connectivity index (χ0v) is 20.3. The van der Waals surface area contributed by atoms with Crippen LogP contribution in [-0.2, 0) is 0 Å². The molecule has 0 bridgehead atoms. The Balaban J connectivity index is 1.60. The minimum absolute atomic E-state index is 0.145. The second kappa shape index (κ2) is 9.64. The van der Waals surface area contributed by atoms with E-state index in [4.69, 9.17) is 26.8 Å². The highest BCUT2D eigenvalue weighted by atomic mass is 32.1. The first-order chi connectivity index (χ1) is 17.1. The zero-order chi connectivity index (χ0) is 24.4. The topological polar surface area (TPSA) is 66.3 Å². The maximum atomic E-state index is 10.6. The van der Waals surface area contributed by atoms with Crippen LogP contribution in [0.15, 0.2) is 90.0 Å². The third kappa shape index (κ3) is 4.38. The molecule has 0 amide bonds. The molecule has 35 heavy (non-hydrogen) atoms. The molecule has 5 rings (SSSR count). The molecule has 176 valence electrons. The number of rotatable bonds is 5. The number of phenols is 1. The second-order valence-corrected chi connectivity index (χ2v) is 8.58. The predicted molar refractivity (Wildman–Crippen MR) is 144 cm³/mol. The fourth-order valence-electron chi connectivity index (χ4n) is 4.44. The number of methoxy groups -OCH3 is 2. The van der Waals surface area contributed by atoms with Gasteiger partial charge in [0, 0.05) is 23.1 Å². The number of benzene rings is 4. The molecule has 0 aliphatic carbocycles. The Morgan fingerprint density at radius 2 is 1.69 bits per heavy atom. The van der Waals surface area contributed by atoms with Gasteiger partial charge in [0.1, 0.15) is 17.2 Å². The zero-order valence-electron chi connectivity index (χ0n) is 19.4. The third-order valence-electron chi connectivity index (χ3n) is 6.15. The summed E-state index contributed by atoms with van der Waals surface area (Å²) < 4.78 is 11.0. The summed E-state index contributed by atoms with van der Waals surface area (Å²) in [5, 5.41) is 23.2. The number of nitrogens with one attached hydrogen (secondary N) is 1. The van der Waals surface area contributed by atoms with Gasteiger partial charge in [0.25, 0.3) is 0 Å². The highest BCUT2D eigenvalue weighted by Crippen LogP contribution is 2.40. The number of hydrazone groups is 1. The standard InChI is InChI=1S/C28H25N3O3S/c1-33-19-12-14-26(32)23(16-19)24-17-25(31(30-24)28(35)29-18-8-4-3-5-9-18)21-13-15-27(34-2)22-11-7-6-10-20(21)22/h3-16,25,32H,17H2,1-2H3,(H,29,35). The third-order valence-corrected chi connectivity index (χ3v) is 6.44. The van der Waals surface area contributed by atoms with Gasteiger partial charge in [-0.2, -0.15) is 5.10 Å². The molecule has 1 heterocycles. The summed E-state index contributed by atoms with van der Waals surface area (Å²) >= 11 is 5.82. The number of phenolic OH excluding ortho intramolecular Hbond substituents is 1. The number of fused-ring (bicyclic) bond motifs is 1. The molecule has 0 fully saturated rings. The highest BCUT2D eigenvalue weighted by molar-refractivity contribution is 7.80. The Morgan fingerprint density at radius 3 is 2.43 bits per heavy atom. The summed E-state index contributed by atoms with van der Waals surface area (Å²) in [6.45, 7) is 0. The average Bonchev–Trinajstić information content (AvgIpc) is 3.34. The fourth-order valence-corrected chi connectivity index (χ4v) is 4.73. The van der Waals surface area contributed by atoms with Gasteiger partial charge in [0.05, 0.1) is 26.0 Å². The minimum Gasteiger partial charge on any atom is -0.507 e. The number of ether oxygens (including phenoxy) is 2. The van der Waals surface area contributed by atoms with Crippen LogP contribution >= 0.6 is 12.2 Å². The van der Waals surface area contributed by atoms with Crippen molar-refractivity contribution in [1.29, 1.82) is 0 Å². The lowest BCUT2D eigenvalue weighted by Gasteiger charge is -2.26. The monoisotopic (exact) mass is 483 g/mol. The maximum Gasteiger partial charge on any atom is 0.194 e. The number of hydrogen-bond donors (Lipinski definition) is 2. The SMILES string of the molecule is COc1ccc(O)c(C2=NN(C(=S)Nc3ccccc3)C(c3ccc(OC)c4ccccc34)C2)c1. The maximum absolute atomic E-state index is 10.6. The van der Waals surface area contributed by atoms with Crippen molar-refractivity contribution >= 4 is 39.5 Å². The predicted octanol–water partition coefficient (Wildman–Crippen LogP) is 6.11. The van der Waals surface area contributed by atoms with Crippen LogP contribution in [-0.4, -0.2) is 35.2 Å². The van der Waals surface area contributed by atoms with Crippen molar-refractivity contribution in [3.63, 3.8) is 0 Å². The molecule has 7 heteroatoms. The summed E-state index contributed by atoms with van der Waals surface area (Å²) in [7, 11) is 3.28. The van der Waals surface area contributed by atoms with Crippen LogP contribution in [0.4, 0.5) is 5.69 Å². The first-order valence-corrected chi connectivity index (χ1v) is 11.7. The van der Waals surface area contributed by atoms with E-state index in [1.807, 2.05) is 59.6 Å². The summed E-state index contributed by atoms with van der Waals surface area (Å²) in [6, 6.07) is 26.9. The number of thiocarbonyl (C=S) groups is 1. The summed E-state index contributed by atoms with van der Waals surface area (Å²) in [5.74, 6) is 1.60. The smallest absolute Gasteiger partial charge is 0.194 e. The molecular weight excluding hydrogens is 458 g/mol. The van der Waals surface area contributed by atoms with Crippen LogP contribution in [0.5, 0.6) is 17.2 Å². The van der Waals surface area contributed by atoms with Crippen LogP contribution in [0.25, 0.3) is 10.8 Å².